The summed E-state index contributed by atoms with van der Waals surface area (Å²) in [6.45, 7) is 3.98. The SMILES string of the molecule is C1=C2CCCNC2[C@H]2C[C@@H]1C1CCCCN1C2. The third kappa shape index (κ3) is 1.68. The molecular weight excluding hydrogens is 208 g/mol. The van der Waals surface area contributed by atoms with Crippen molar-refractivity contribution < 1.29 is 0 Å². The molecule has 1 N–H and O–H groups in total. The Kier molecular flexibility index (Phi) is 2.55. The van der Waals surface area contributed by atoms with Gasteiger partial charge in [-0.15, -0.1) is 0 Å². The summed E-state index contributed by atoms with van der Waals surface area (Å²) in [5, 5.41) is 3.78. The van der Waals surface area contributed by atoms with E-state index in [9.17, 15) is 0 Å². The van der Waals surface area contributed by atoms with Crippen molar-refractivity contribution in [1.82, 2.24) is 10.2 Å². The minimum absolute atomic E-state index is 0.739. The number of hydrogen-bond donors (Lipinski definition) is 1. The van der Waals surface area contributed by atoms with Crippen molar-refractivity contribution in [3.8, 4) is 0 Å². The fourth-order valence-corrected chi connectivity index (χ4v) is 4.80. The second kappa shape index (κ2) is 4.10. The molecule has 4 atom stereocenters. The molecule has 3 aliphatic heterocycles. The van der Waals surface area contributed by atoms with E-state index in [1.165, 1.54) is 58.2 Å². The molecule has 3 fully saturated rings. The smallest absolute Gasteiger partial charge is 0.0320 e. The van der Waals surface area contributed by atoms with Crippen molar-refractivity contribution in [2.24, 2.45) is 11.8 Å². The second-order valence-electron chi connectivity index (χ2n) is 6.49. The molecule has 17 heavy (non-hydrogen) atoms. The fourth-order valence-electron chi connectivity index (χ4n) is 4.80. The minimum atomic E-state index is 0.739. The maximum atomic E-state index is 3.78. The highest BCUT2D eigenvalue weighted by atomic mass is 15.2. The van der Waals surface area contributed by atoms with Crippen LogP contribution in [0.5, 0.6) is 0 Å². The van der Waals surface area contributed by atoms with Crippen LogP contribution in [0, 0.1) is 11.8 Å². The summed E-state index contributed by atoms with van der Waals surface area (Å²) in [5.41, 5.74) is 1.77. The molecule has 2 nitrogen and oxygen atoms in total. The Balaban J connectivity index is 1.64. The van der Waals surface area contributed by atoms with Gasteiger partial charge in [0.15, 0.2) is 0 Å². The topological polar surface area (TPSA) is 15.3 Å². The Bertz CT molecular complexity index is 336. The van der Waals surface area contributed by atoms with E-state index in [1.807, 2.05) is 0 Å². The first-order chi connectivity index (χ1) is 8.42. The Morgan fingerprint density at radius 3 is 3.24 bits per heavy atom. The molecule has 0 saturated carbocycles. The van der Waals surface area contributed by atoms with E-state index in [-0.39, 0.29) is 0 Å². The molecule has 1 aliphatic carbocycles. The Morgan fingerprint density at radius 1 is 1.24 bits per heavy atom. The van der Waals surface area contributed by atoms with Crippen LogP contribution >= 0.6 is 0 Å². The van der Waals surface area contributed by atoms with Crippen molar-refractivity contribution in [3.05, 3.63) is 11.6 Å². The summed E-state index contributed by atoms with van der Waals surface area (Å²) < 4.78 is 0. The standard InChI is InChI=1S/C15H24N2/c1-2-7-17-10-13-9-12(14(17)5-1)8-11-4-3-6-16-15(11)13/h8,12-16H,1-7,9-10H2/t12-,13+,14?,15?/m1/s1. The lowest BCUT2D eigenvalue weighted by molar-refractivity contribution is 0.0271. The van der Waals surface area contributed by atoms with E-state index >= 15 is 0 Å². The Hall–Kier alpha value is -0.340. The summed E-state index contributed by atoms with van der Waals surface area (Å²) in [7, 11) is 0. The normalized spacial score (nSPS) is 45.8. The largest absolute Gasteiger partial charge is 0.310 e. The van der Waals surface area contributed by atoms with Crippen LogP contribution < -0.4 is 5.32 Å². The van der Waals surface area contributed by atoms with Crippen molar-refractivity contribution >= 4 is 0 Å². The third-order valence-corrected chi connectivity index (χ3v) is 5.51. The average Bonchev–Trinajstić information content (AvgIpc) is 2.39. The number of rotatable bonds is 0. The van der Waals surface area contributed by atoms with Gasteiger partial charge in [-0.05, 0) is 57.0 Å². The van der Waals surface area contributed by atoms with Gasteiger partial charge in [0.2, 0.25) is 0 Å². The van der Waals surface area contributed by atoms with Gasteiger partial charge in [-0.1, -0.05) is 18.1 Å². The van der Waals surface area contributed by atoms with Crippen LogP contribution in [0.2, 0.25) is 0 Å². The van der Waals surface area contributed by atoms with Gasteiger partial charge >= 0.3 is 0 Å². The maximum Gasteiger partial charge on any atom is 0.0320 e. The molecule has 0 aromatic heterocycles. The van der Waals surface area contributed by atoms with Crippen LogP contribution in [-0.4, -0.2) is 36.6 Å². The van der Waals surface area contributed by atoms with Crippen molar-refractivity contribution in [2.45, 2.75) is 50.6 Å². The first-order valence-electron chi connectivity index (χ1n) is 7.60. The second-order valence-corrected chi connectivity index (χ2v) is 6.49. The molecule has 3 heterocycles. The lowest BCUT2D eigenvalue weighted by Gasteiger charge is -2.52. The Morgan fingerprint density at radius 2 is 2.24 bits per heavy atom. The van der Waals surface area contributed by atoms with Crippen molar-refractivity contribution in [3.63, 3.8) is 0 Å². The number of nitrogens with zero attached hydrogens (tertiary/aromatic N) is 1. The number of nitrogens with one attached hydrogen (secondary N) is 1. The van der Waals surface area contributed by atoms with Crippen LogP contribution in [0.15, 0.2) is 11.6 Å². The van der Waals surface area contributed by atoms with Gasteiger partial charge < -0.3 is 5.32 Å². The number of fused-ring (bicyclic) bond motifs is 6. The first-order valence-corrected chi connectivity index (χ1v) is 7.60. The summed E-state index contributed by atoms with van der Waals surface area (Å²) in [6, 6.07) is 1.64. The maximum absolute atomic E-state index is 3.78. The highest BCUT2D eigenvalue weighted by molar-refractivity contribution is 5.23. The van der Waals surface area contributed by atoms with E-state index < -0.39 is 0 Å². The Labute approximate surface area is 104 Å². The highest BCUT2D eigenvalue weighted by Crippen LogP contribution is 2.42. The quantitative estimate of drug-likeness (QED) is 0.644. The lowest BCUT2D eigenvalue weighted by atomic mass is 9.68. The van der Waals surface area contributed by atoms with Gasteiger partial charge in [-0.2, -0.15) is 0 Å². The molecule has 0 radical (unpaired) electrons. The van der Waals surface area contributed by atoms with Gasteiger partial charge in [-0.3, -0.25) is 4.90 Å². The minimum Gasteiger partial charge on any atom is -0.310 e. The van der Waals surface area contributed by atoms with E-state index in [4.69, 9.17) is 0 Å². The van der Waals surface area contributed by atoms with Crippen molar-refractivity contribution in [2.75, 3.05) is 19.6 Å². The van der Waals surface area contributed by atoms with E-state index in [1.54, 1.807) is 5.57 Å². The summed E-state index contributed by atoms with van der Waals surface area (Å²) in [6.07, 6.45) is 11.2. The molecule has 4 aliphatic rings. The molecule has 2 bridgehead atoms. The van der Waals surface area contributed by atoms with Gasteiger partial charge in [-0.25, -0.2) is 0 Å². The molecule has 3 saturated heterocycles. The third-order valence-electron chi connectivity index (χ3n) is 5.51. The zero-order chi connectivity index (χ0) is 11.2. The van der Waals surface area contributed by atoms with E-state index in [0.29, 0.717) is 0 Å². The zero-order valence-corrected chi connectivity index (χ0v) is 10.7. The van der Waals surface area contributed by atoms with Gasteiger partial charge in [0.25, 0.3) is 0 Å². The number of hydrogen-bond acceptors (Lipinski definition) is 2. The van der Waals surface area contributed by atoms with Crippen molar-refractivity contribution in [1.29, 1.82) is 0 Å². The number of piperidine rings is 3. The monoisotopic (exact) mass is 232 g/mol. The zero-order valence-electron chi connectivity index (χ0n) is 10.7. The van der Waals surface area contributed by atoms with Crippen LogP contribution in [-0.2, 0) is 0 Å². The van der Waals surface area contributed by atoms with Gasteiger partial charge in [0, 0.05) is 18.6 Å². The molecule has 0 aromatic rings. The van der Waals surface area contributed by atoms with E-state index in [0.717, 1.165) is 23.9 Å². The van der Waals surface area contributed by atoms with Gasteiger partial charge in [0.05, 0.1) is 0 Å². The molecule has 0 amide bonds. The van der Waals surface area contributed by atoms with Crippen LogP contribution in [0.25, 0.3) is 0 Å². The van der Waals surface area contributed by atoms with Crippen LogP contribution in [0.1, 0.15) is 38.5 Å². The highest BCUT2D eigenvalue weighted by Gasteiger charge is 2.43. The molecule has 94 valence electrons. The molecule has 2 unspecified atom stereocenters. The van der Waals surface area contributed by atoms with E-state index in [2.05, 4.69) is 16.3 Å². The summed E-state index contributed by atoms with van der Waals surface area (Å²) in [5.74, 6) is 1.80. The predicted octanol–water partition coefficient (Wildman–Crippen LogP) is 2.17. The van der Waals surface area contributed by atoms with Crippen LogP contribution in [0.4, 0.5) is 0 Å². The summed E-state index contributed by atoms with van der Waals surface area (Å²) in [4.78, 5) is 2.81. The fraction of sp³-hybridized carbons (Fsp3) is 0.867. The predicted molar refractivity (Wildman–Crippen MR) is 69.9 cm³/mol. The molecule has 0 aromatic carbocycles. The van der Waals surface area contributed by atoms with Gasteiger partial charge in [0.1, 0.15) is 0 Å². The van der Waals surface area contributed by atoms with Crippen LogP contribution in [0.3, 0.4) is 0 Å². The molecule has 4 rings (SSSR count). The molecular formula is C15H24N2. The molecule has 0 spiro atoms. The molecule has 2 heteroatoms. The average molecular weight is 232 g/mol. The first kappa shape index (κ1) is 10.6. The summed E-state index contributed by atoms with van der Waals surface area (Å²) >= 11 is 0. The lowest BCUT2D eigenvalue weighted by Crippen LogP contribution is -2.58.